The van der Waals surface area contributed by atoms with E-state index in [1.165, 1.54) is 4.57 Å². The summed E-state index contributed by atoms with van der Waals surface area (Å²) in [4.78, 5) is 32.6. The molecule has 0 radical (unpaired) electrons. The van der Waals surface area contributed by atoms with E-state index in [1.54, 1.807) is 47.1 Å². The lowest BCUT2D eigenvalue weighted by Crippen LogP contribution is -2.54. The number of hydrogen-bond acceptors (Lipinski definition) is 3. The van der Waals surface area contributed by atoms with Gasteiger partial charge in [0, 0.05) is 12.7 Å². The Morgan fingerprint density at radius 2 is 1.77 bits per heavy atom. The molecule has 0 spiro atoms. The highest BCUT2D eigenvalue weighted by Gasteiger charge is 2.41. The third kappa shape index (κ3) is 4.51. The standard InChI is InChI=1S/C24H23F3N4O2.2CH4/c1-14-8-16(10-17(9-14)24(25,26)27)19-5-3-4-18-12-30-21(23(33)31(18)19)7-6-20(22(30)32)29-11-15(2)28-13-29;;/h6-11,13,18-19H,3-5,12H2,1-2H3;2*1H4. The summed E-state index contributed by atoms with van der Waals surface area (Å²) >= 11 is 0. The molecule has 2 aliphatic heterocycles. The first-order valence-corrected chi connectivity index (χ1v) is 10.9. The molecule has 0 N–H and O–H groups in total. The van der Waals surface area contributed by atoms with Crippen LogP contribution in [0.3, 0.4) is 0 Å². The second-order valence-corrected chi connectivity index (χ2v) is 8.88. The Hall–Kier alpha value is -3.36. The second kappa shape index (κ2) is 9.36. The van der Waals surface area contributed by atoms with Gasteiger partial charge in [0.2, 0.25) is 0 Å². The average Bonchev–Trinajstić information content (AvgIpc) is 3.19. The second-order valence-electron chi connectivity index (χ2n) is 8.88. The van der Waals surface area contributed by atoms with Crippen LogP contribution >= 0.6 is 0 Å². The molecule has 1 fully saturated rings. The molecule has 1 amide bonds. The fraction of sp³-hybridized carbons (Fsp3) is 0.423. The molecule has 5 rings (SSSR count). The van der Waals surface area contributed by atoms with Crippen LogP contribution in [0.2, 0.25) is 0 Å². The highest BCUT2D eigenvalue weighted by atomic mass is 19.4. The summed E-state index contributed by atoms with van der Waals surface area (Å²) in [6, 6.07) is 6.50. The van der Waals surface area contributed by atoms with Crippen LogP contribution in [-0.4, -0.2) is 31.0 Å². The van der Waals surface area contributed by atoms with Crippen molar-refractivity contribution in [2.45, 2.75) is 72.8 Å². The molecule has 0 bridgehead atoms. The largest absolute Gasteiger partial charge is 0.416 e. The summed E-state index contributed by atoms with van der Waals surface area (Å²) in [5, 5.41) is 0. The summed E-state index contributed by atoms with van der Waals surface area (Å²) in [6.07, 6.45) is 0.886. The van der Waals surface area contributed by atoms with E-state index in [2.05, 4.69) is 4.98 Å². The molecule has 35 heavy (non-hydrogen) atoms. The number of nitrogens with zero attached hydrogens (tertiary/aromatic N) is 4. The number of carbonyl (C=O) groups is 1. The normalized spacial score (nSPS) is 19.3. The van der Waals surface area contributed by atoms with Crippen molar-refractivity contribution < 1.29 is 18.0 Å². The van der Waals surface area contributed by atoms with Crippen molar-refractivity contribution in [2.24, 2.45) is 0 Å². The number of piperidine rings is 1. The molecule has 0 saturated carbocycles. The van der Waals surface area contributed by atoms with E-state index in [-0.39, 0.29) is 38.1 Å². The van der Waals surface area contributed by atoms with Crippen LogP contribution in [0, 0.1) is 13.8 Å². The Kier molecular flexibility index (Phi) is 7.02. The molecule has 1 saturated heterocycles. The van der Waals surface area contributed by atoms with Crippen molar-refractivity contribution in [2.75, 3.05) is 0 Å². The molecule has 2 aliphatic rings. The number of benzene rings is 1. The lowest BCUT2D eigenvalue weighted by molar-refractivity contribution is -0.137. The van der Waals surface area contributed by atoms with Crippen molar-refractivity contribution >= 4 is 5.91 Å². The third-order valence-electron chi connectivity index (χ3n) is 6.55. The maximum atomic E-state index is 13.5. The highest BCUT2D eigenvalue weighted by molar-refractivity contribution is 5.94. The lowest BCUT2D eigenvalue weighted by atomic mass is 9.87. The Balaban J connectivity index is 0.00000171. The molecular formula is C26H31F3N4O2. The van der Waals surface area contributed by atoms with Crippen LogP contribution in [0.5, 0.6) is 0 Å². The number of imidazole rings is 1. The van der Waals surface area contributed by atoms with Gasteiger partial charge >= 0.3 is 6.18 Å². The van der Waals surface area contributed by atoms with Crippen LogP contribution in [0.1, 0.15) is 73.0 Å². The van der Waals surface area contributed by atoms with E-state index in [0.717, 1.165) is 24.2 Å². The zero-order chi connectivity index (χ0) is 23.5. The number of aromatic nitrogens is 3. The van der Waals surface area contributed by atoms with Crippen LogP contribution in [0.4, 0.5) is 13.2 Å². The van der Waals surface area contributed by atoms with E-state index >= 15 is 0 Å². The SMILES string of the molecule is C.C.Cc1cc(C2CCCC3Cn4c(ccc(-n5cnc(C)c5)c4=O)C(=O)N32)cc(C(F)(F)F)c1. The number of alkyl halides is 3. The number of aryl methyl sites for hydroxylation is 2. The van der Waals surface area contributed by atoms with E-state index in [9.17, 15) is 22.8 Å². The van der Waals surface area contributed by atoms with Gasteiger partial charge in [-0.2, -0.15) is 13.2 Å². The number of halogens is 3. The summed E-state index contributed by atoms with van der Waals surface area (Å²) in [7, 11) is 0. The fourth-order valence-corrected chi connectivity index (χ4v) is 5.09. The predicted molar refractivity (Wildman–Crippen MR) is 129 cm³/mol. The Morgan fingerprint density at radius 3 is 2.43 bits per heavy atom. The number of hydrogen-bond donors (Lipinski definition) is 0. The molecule has 2 unspecified atom stereocenters. The summed E-state index contributed by atoms with van der Waals surface area (Å²) in [5.74, 6) is -0.323. The van der Waals surface area contributed by atoms with Gasteiger partial charge in [-0.3, -0.25) is 9.59 Å². The molecule has 3 aromatic rings. The minimum Gasteiger partial charge on any atom is -0.326 e. The van der Waals surface area contributed by atoms with Crippen molar-refractivity contribution in [3.63, 3.8) is 0 Å². The molecular weight excluding hydrogens is 457 g/mol. The first-order chi connectivity index (χ1) is 15.6. The van der Waals surface area contributed by atoms with Crippen molar-refractivity contribution in [1.82, 2.24) is 19.0 Å². The highest BCUT2D eigenvalue weighted by Crippen LogP contribution is 2.40. The Morgan fingerprint density at radius 1 is 1.03 bits per heavy atom. The molecule has 2 atom stereocenters. The maximum Gasteiger partial charge on any atom is 0.416 e. The van der Waals surface area contributed by atoms with E-state index < -0.39 is 17.8 Å². The molecule has 9 heteroatoms. The number of carbonyl (C=O) groups excluding carboxylic acids is 1. The van der Waals surface area contributed by atoms with Gasteiger partial charge < -0.3 is 14.0 Å². The third-order valence-corrected chi connectivity index (χ3v) is 6.55. The first-order valence-electron chi connectivity index (χ1n) is 10.9. The maximum absolute atomic E-state index is 13.5. The summed E-state index contributed by atoms with van der Waals surface area (Å²) in [6.45, 7) is 3.77. The molecule has 188 valence electrons. The number of fused-ring (bicyclic) bond motifs is 2. The van der Waals surface area contributed by atoms with Gasteiger partial charge in [-0.25, -0.2) is 4.98 Å². The van der Waals surface area contributed by atoms with Crippen molar-refractivity contribution in [3.8, 4) is 5.69 Å². The topological polar surface area (TPSA) is 60.1 Å². The predicted octanol–water partition coefficient (Wildman–Crippen LogP) is 5.69. The van der Waals surface area contributed by atoms with Crippen LogP contribution < -0.4 is 5.56 Å². The zero-order valence-electron chi connectivity index (χ0n) is 18.3. The molecule has 4 heterocycles. The lowest BCUT2D eigenvalue weighted by Gasteiger charge is -2.46. The minimum absolute atomic E-state index is 0. The van der Waals surface area contributed by atoms with Crippen LogP contribution in [0.15, 0.2) is 47.7 Å². The fourth-order valence-electron chi connectivity index (χ4n) is 5.09. The smallest absolute Gasteiger partial charge is 0.326 e. The Bertz CT molecular complexity index is 1310. The summed E-state index contributed by atoms with van der Waals surface area (Å²) in [5.41, 5.74) is 1.43. The summed E-state index contributed by atoms with van der Waals surface area (Å²) < 4.78 is 43.4. The van der Waals surface area contributed by atoms with Gasteiger partial charge in [0.05, 0.1) is 29.7 Å². The van der Waals surface area contributed by atoms with Crippen LogP contribution in [0.25, 0.3) is 5.69 Å². The van der Waals surface area contributed by atoms with Gasteiger partial charge in [0.1, 0.15) is 11.4 Å². The van der Waals surface area contributed by atoms with Gasteiger partial charge in [-0.15, -0.1) is 0 Å². The monoisotopic (exact) mass is 488 g/mol. The van der Waals surface area contributed by atoms with Crippen molar-refractivity contribution in [1.29, 1.82) is 0 Å². The molecule has 2 aromatic heterocycles. The number of rotatable bonds is 2. The quantitative estimate of drug-likeness (QED) is 0.466. The number of amides is 1. The molecule has 0 aliphatic carbocycles. The molecule has 6 nitrogen and oxygen atoms in total. The van der Waals surface area contributed by atoms with Gasteiger partial charge in [0.15, 0.2) is 0 Å². The van der Waals surface area contributed by atoms with Crippen LogP contribution in [-0.2, 0) is 12.7 Å². The average molecular weight is 489 g/mol. The minimum atomic E-state index is -4.46. The van der Waals surface area contributed by atoms with Crippen molar-refractivity contribution in [3.05, 3.63) is 81.3 Å². The van der Waals surface area contributed by atoms with E-state index in [1.807, 2.05) is 6.92 Å². The van der Waals surface area contributed by atoms with E-state index in [0.29, 0.717) is 36.2 Å². The van der Waals surface area contributed by atoms with Gasteiger partial charge in [-0.05, 0) is 62.9 Å². The zero-order valence-corrected chi connectivity index (χ0v) is 18.3. The van der Waals surface area contributed by atoms with Gasteiger partial charge in [-0.1, -0.05) is 26.5 Å². The Labute approximate surface area is 203 Å². The first kappa shape index (κ1) is 26.2. The number of pyridine rings is 1. The molecule has 1 aromatic carbocycles. The van der Waals surface area contributed by atoms with E-state index in [4.69, 9.17) is 0 Å². The van der Waals surface area contributed by atoms with Gasteiger partial charge in [0.25, 0.3) is 11.5 Å².